The highest BCUT2D eigenvalue weighted by molar-refractivity contribution is 6.32. The maximum Gasteiger partial charge on any atom is 0.436 e. The van der Waals surface area contributed by atoms with Crippen LogP contribution in [0.4, 0.5) is 18.9 Å². The van der Waals surface area contributed by atoms with Crippen LogP contribution in [0.25, 0.3) is 0 Å². The number of alkyl halides is 3. The molecule has 154 valence electrons. The quantitative estimate of drug-likeness (QED) is 0.680. The number of para-hydroxylation sites is 1. The highest BCUT2D eigenvalue weighted by Gasteiger charge is 2.38. The lowest BCUT2D eigenvalue weighted by Gasteiger charge is -2.27. The van der Waals surface area contributed by atoms with Gasteiger partial charge in [0.1, 0.15) is 6.54 Å². The van der Waals surface area contributed by atoms with Crippen molar-refractivity contribution in [3.63, 3.8) is 0 Å². The van der Waals surface area contributed by atoms with Crippen molar-refractivity contribution < 1.29 is 18.0 Å². The zero-order valence-electron chi connectivity index (χ0n) is 16.3. The molecule has 0 aliphatic carbocycles. The fourth-order valence-corrected chi connectivity index (χ4v) is 3.17. The van der Waals surface area contributed by atoms with Crippen LogP contribution in [0.1, 0.15) is 23.9 Å². The number of halogens is 4. The highest BCUT2D eigenvalue weighted by Crippen LogP contribution is 2.35. The summed E-state index contributed by atoms with van der Waals surface area (Å²) in [6.45, 7) is 6.45. The maximum atomic E-state index is 12.9. The molecule has 2 rings (SSSR count). The van der Waals surface area contributed by atoms with E-state index in [0.717, 1.165) is 15.9 Å². The molecule has 0 saturated heterocycles. The lowest BCUT2D eigenvalue weighted by atomic mass is 10.2. The maximum absolute atomic E-state index is 12.9. The summed E-state index contributed by atoms with van der Waals surface area (Å²) in [7, 11) is 1.94. The molecule has 0 N–H and O–H groups in total. The van der Waals surface area contributed by atoms with Crippen molar-refractivity contribution in [3.05, 3.63) is 46.2 Å². The standard InChI is InChI=1S/C19H24ClF3N4O/c1-5-26(11-10-25(4)15-9-7-6-8-13(15)2)16(28)12-27-14(3)17(20)18(24-27)19(21,22)23/h6-9H,5,10-12H2,1-4H3. The Morgan fingerprint density at radius 1 is 1.21 bits per heavy atom. The first kappa shape index (κ1) is 22.1. The molecule has 1 aromatic carbocycles. The molecule has 1 aromatic heterocycles. The van der Waals surface area contributed by atoms with Crippen LogP contribution in [-0.2, 0) is 17.5 Å². The van der Waals surface area contributed by atoms with Crippen LogP contribution >= 0.6 is 11.6 Å². The van der Waals surface area contributed by atoms with E-state index < -0.39 is 16.9 Å². The molecule has 5 nitrogen and oxygen atoms in total. The van der Waals surface area contributed by atoms with Gasteiger partial charge in [-0.3, -0.25) is 9.48 Å². The van der Waals surface area contributed by atoms with Crippen molar-refractivity contribution in [3.8, 4) is 0 Å². The van der Waals surface area contributed by atoms with Gasteiger partial charge in [0.15, 0.2) is 5.69 Å². The molecule has 0 aliphatic heterocycles. The normalized spacial score (nSPS) is 11.6. The molecule has 0 aliphatic rings. The molecule has 0 unspecified atom stereocenters. The molecule has 9 heteroatoms. The van der Waals surface area contributed by atoms with Gasteiger partial charge in [-0.15, -0.1) is 0 Å². The first-order valence-corrected chi connectivity index (χ1v) is 9.28. The number of aromatic nitrogens is 2. The van der Waals surface area contributed by atoms with E-state index in [1.807, 2.05) is 50.1 Å². The zero-order valence-corrected chi connectivity index (χ0v) is 17.1. The number of nitrogens with zero attached hydrogens (tertiary/aromatic N) is 4. The second-order valence-corrected chi connectivity index (χ2v) is 6.96. The lowest BCUT2D eigenvalue weighted by Crippen LogP contribution is -2.39. The van der Waals surface area contributed by atoms with Gasteiger partial charge in [-0.05, 0) is 32.4 Å². The molecular formula is C19H24ClF3N4O. The van der Waals surface area contributed by atoms with Crippen molar-refractivity contribution in [1.82, 2.24) is 14.7 Å². The minimum absolute atomic E-state index is 0.121. The third-order valence-corrected chi connectivity index (χ3v) is 5.11. The molecule has 0 saturated carbocycles. The summed E-state index contributed by atoms with van der Waals surface area (Å²) in [5, 5.41) is 3.02. The van der Waals surface area contributed by atoms with Crippen LogP contribution < -0.4 is 4.90 Å². The molecule has 28 heavy (non-hydrogen) atoms. The van der Waals surface area contributed by atoms with Gasteiger partial charge in [0, 0.05) is 32.4 Å². The molecule has 0 bridgehead atoms. The Morgan fingerprint density at radius 2 is 1.86 bits per heavy atom. The smallest absolute Gasteiger partial charge is 0.373 e. The molecule has 0 atom stereocenters. The zero-order chi connectivity index (χ0) is 21.1. The molecule has 0 radical (unpaired) electrons. The predicted molar refractivity (Wildman–Crippen MR) is 104 cm³/mol. The Balaban J connectivity index is 2.05. The molecule has 1 amide bonds. The van der Waals surface area contributed by atoms with Crippen molar-refractivity contribution in [2.45, 2.75) is 33.5 Å². The summed E-state index contributed by atoms with van der Waals surface area (Å²) in [6.07, 6.45) is -4.66. The van der Waals surface area contributed by atoms with Gasteiger partial charge >= 0.3 is 6.18 Å². The second-order valence-electron chi connectivity index (χ2n) is 6.58. The number of benzene rings is 1. The van der Waals surface area contributed by atoms with Gasteiger partial charge in [0.25, 0.3) is 0 Å². The lowest BCUT2D eigenvalue weighted by molar-refractivity contribution is -0.142. The average molecular weight is 417 g/mol. The summed E-state index contributed by atoms with van der Waals surface area (Å²) in [4.78, 5) is 16.2. The van der Waals surface area contributed by atoms with Crippen molar-refractivity contribution >= 4 is 23.2 Å². The second kappa shape index (κ2) is 8.86. The third-order valence-electron chi connectivity index (χ3n) is 4.65. The van der Waals surface area contributed by atoms with E-state index in [0.29, 0.717) is 19.6 Å². The highest BCUT2D eigenvalue weighted by atomic mass is 35.5. The van der Waals surface area contributed by atoms with E-state index in [1.165, 1.54) is 6.92 Å². The van der Waals surface area contributed by atoms with Gasteiger partial charge in [-0.25, -0.2) is 0 Å². The van der Waals surface area contributed by atoms with Gasteiger partial charge in [-0.2, -0.15) is 18.3 Å². The van der Waals surface area contributed by atoms with Crippen LogP contribution in [0.15, 0.2) is 24.3 Å². The fourth-order valence-electron chi connectivity index (χ4n) is 2.93. The number of hydrogen-bond acceptors (Lipinski definition) is 3. The van der Waals surface area contributed by atoms with Gasteiger partial charge in [-0.1, -0.05) is 29.8 Å². The van der Waals surface area contributed by atoms with E-state index in [9.17, 15) is 18.0 Å². The summed E-state index contributed by atoms with van der Waals surface area (Å²) in [5.74, 6) is -0.309. The average Bonchev–Trinajstić information content (AvgIpc) is 2.91. The molecular weight excluding hydrogens is 393 g/mol. The topological polar surface area (TPSA) is 41.4 Å². The Morgan fingerprint density at radius 3 is 2.39 bits per heavy atom. The van der Waals surface area contributed by atoms with E-state index in [-0.39, 0.29) is 18.1 Å². The molecule has 0 spiro atoms. The SMILES string of the molecule is CCN(CCN(C)c1ccccc1C)C(=O)Cn1nc(C(F)(F)F)c(Cl)c1C. The predicted octanol–water partition coefficient (Wildman–Crippen LogP) is 4.16. The first-order valence-electron chi connectivity index (χ1n) is 8.90. The van der Waals surface area contributed by atoms with Crippen LogP contribution in [0.2, 0.25) is 5.02 Å². The Labute approximate surface area is 167 Å². The Hall–Kier alpha value is -2.22. The Bertz CT molecular complexity index is 835. The largest absolute Gasteiger partial charge is 0.436 e. The number of rotatable bonds is 7. The first-order chi connectivity index (χ1) is 13.1. The van der Waals surface area contributed by atoms with Crippen LogP contribution in [-0.4, -0.2) is 47.3 Å². The van der Waals surface area contributed by atoms with Crippen LogP contribution in [0.3, 0.4) is 0 Å². The van der Waals surface area contributed by atoms with Gasteiger partial charge in [0.2, 0.25) is 5.91 Å². The summed E-state index contributed by atoms with van der Waals surface area (Å²) < 4.78 is 39.9. The Kier molecular flexibility index (Phi) is 6.98. The van der Waals surface area contributed by atoms with E-state index in [2.05, 4.69) is 5.10 Å². The van der Waals surface area contributed by atoms with Gasteiger partial charge < -0.3 is 9.80 Å². The monoisotopic (exact) mass is 416 g/mol. The number of carbonyl (C=O) groups is 1. The number of hydrogen-bond donors (Lipinski definition) is 0. The number of anilines is 1. The van der Waals surface area contributed by atoms with E-state index in [1.54, 1.807) is 4.90 Å². The third kappa shape index (κ3) is 4.98. The minimum atomic E-state index is -4.66. The summed E-state index contributed by atoms with van der Waals surface area (Å²) >= 11 is 5.75. The fraction of sp³-hybridized carbons (Fsp3) is 0.474. The summed E-state index contributed by atoms with van der Waals surface area (Å²) in [6, 6.07) is 7.92. The number of amides is 1. The van der Waals surface area contributed by atoms with Crippen molar-refractivity contribution in [1.29, 1.82) is 0 Å². The number of carbonyl (C=O) groups excluding carboxylic acids is 1. The van der Waals surface area contributed by atoms with Crippen molar-refractivity contribution in [2.75, 3.05) is 31.6 Å². The van der Waals surface area contributed by atoms with Crippen LogP contribution in [0.5, 0.6) is 0 Å². The number of likely N-dealkylation sites (N-methyl/N-ethyl adjacent to an activating group) is 2. The minimum Gasteiger partial charge on any atom is -0.373 e. The van der Waals surface area contributed by atoms with Gasteiger partial charge in [0.05, 0.1) is 10.7 Å². The van der Waals surface area contributed by atoms with Crippen LogP contribution in [0, 0.1) is 13.8 Å². The molecule has 2 aromatic rings. The van der Waals surface area contributed by atoms with E-state index >= 15 is 0 Å². The molecule has 1 heterocycles. The summed E-state index contributed by atoms with van der Waals surface area (Å²) in [5.41, 5.74) is 1.15. The number of aryl methyl sites for hydroxylation is 1. The molecule has 0 fully saturated rings. The van der Waals surface area contributed by atoms with E-state index in [4.69, 9.17) is 11.6 Å². The van der Waals surface area contributed by atoms with Crippen molar-refractivity contribution in [2.24, 2.45) is 0 Å².